The average Bonchev–Trinajstić information content (AvgIpc) is 2.71. The molecule has 2 aromatic heterocycles. The second-order valence-corrected chi connectivity index (χ2v) is 7.94. The van der Waals surface area contributed by atoms with Crippen LogP contribution in [0.25, 0.3) is 11.6 Å². The van der Waals surface area contributed by atoms with E-state index in [0.717, 1.165) is 27.0 Å². The lowest BCUT2D eigenvalue weighted by Crippen LogP contribution is -2.17. The number of rotatable bonds is 3. The lowest BCUT2D eigenvalue weighted by Gasteiger charge is -2.21. The van der Waals surface area contributed by atoms with Gasteiger partial charge in [0.05, 0.1) is 14.6 Å². The van der Waals surface area contributed by atoms with Crippen LogP contribution in [0.5, 0.6) is 0 Å². The summed E-state index contributed by atoms with van der Waals surface area (Å²) >= 11 is 10.4. The number of halogens is 3. The fraction of sp³-hybridized carbons (Fsp3) is 0.429. The van der Waals surface area contributed by atoms with Gasteiger partial charge in [0.15, 0.2) is 16.3 Å². The predicted octanol–water partition coefficient (Wildman–Crippen LogP) is 5.75. The maximum absolute atomic E-state index is 5.64. The van der Waals surface area contributed by atoms with Crippen molar-refractivity contribution in [1.29, 1.82) is 0 Å². The molecule has 1 N–H and O–H groups in total. The largest absolute Gasteiger partial charge is 0.445 e. The first-order chi connectivity index (χ1) is 9.74. The molecule has 0 fully saturated rings. The van der Waals surface area contributed by atoms with Gasteiger partial charge in [-0.25, -0.2) is 9.97 Å². The van der Waals surface area contributed by atoms with E-state index in [4.69, 9.17) is 4.42 Å². The van der Waals surface area contributed by atoms with E-state index in [1.807, 2.05) is 13.0 Å². The van der Waals surface area contributed by atoms with E-state index in [1.165, 1.54) is 0 Å². The smallest absolute Gasteiger partial charge is 0.198 e. The summed E-state index contributed by atoms with van der Waals surface area (Å²) in [7, 11) is 0. The number of hydrogen-bond donors (Lipinski definition) is 1. The molecule has 0 spiro atoms. The van der Waals surface area contributed by atoms with Gasteiger partial charge < -0.3 is 9.73 Å². The van der Waals surface area contributed by atoms with Crippen LogP contribution in [0.2, 0.25) is 0 Å². The molecule has 0 saturated heterocycles. The molecule has 0 radical (unpaired) electrons. The average molecular weight is 482 g/mol. The highest BCUT2D eigenvalue weighted by atomic mass is 79.9. The van der Waals surface area contributed by atoms with Gasteiger partial charge in [0.25, 0.3) is 0 Å². The van der Waals surface area contributed by atoms with Crippen molar-refractivity contribution in [2.75, 3.05) is 11.9 Å². The van der Waals surface area contributed by atoms with Crippen LogP contribution in [0.3, 0.4) is 0 Å². The first-order valence-corrected chi connectivity index (χ1v) is 8.89. The summed E-state index contributed by atoms with van der Waals surface area (Å²) in [4.78, 5) is 9.23. The number of hydrogen-bond acceptors (Lipinski definition) is 4. The monoisotopic (exact) mass is 479 g/mol. The van der Waals surface area contributed by atoms with E-state index in [9.17, 15) is 0 Å². The molecular formula is C14H16Br3N3O. The summed E-state index contributed by atoms with van der Waals surface area (Å²) in [6, 6.07) is 1.86. The van der Waals surface area contributed by atoms with Crippen molar-refractivity contribution in [3.63, 3.8) is 0 Å². The Morgan fingerprint density at radius 1 is 1.19 bits per heavy atom. The fourth-order valence-electron chi connectivity index (χ4n) is 1.80. The third-order valence-electron chi connectivity index (χ3n) is 2.77. The van der Waals surface area contributed by atoms with Crippen LogP contribution < -0.4 is 5.32 Å². The van der Waals surface area contributed by atoms with Gasteiger partial charge in [-0.2, -0.15) is 0 Å². The molecule has 0 amide bonds. The Morgan fingerprint density at radius 2 is 1.86 bits per heavy atom. The van der Waals surface area contributed by atoms with Gasteiger partial charge in [-0.3, -0.25) is 0 Å². The highest BCUT2D eigenvalue weighted by molar-refractivity contribution is 9.13. The Bertz CT molecular complexity index is 643. The normalized spacial score (nSPS) is 11.8. The Kier molecular flexibility index (Phi) is 5.15. The predicted molar refractivity (Wildman–Crippen MR) is 95.7 cm³/mol. The molecule has 0 saturated carbocycles. The van der Waals surface area contributed by atoms with E-state index in [2.05, 4.69) is 83.8 Å². The molecule has 0 unspecified atom stereocenters. The summed E-state index contributed by atoms with van der Waals surface area (Å²) in [5.74, 6) is 1.95. The highest BCUT2D eigenvalue weighted by Crippen LogP contribution is 2.36. The quantitative estimate of drug-likeness (QED) is 0.606. The molecule has 0 aromatic carbocycles. The molecule has 2 aromatic rings. The van der Waals surface area contributed by atoms with E-state index in [-0.39, 0.29) is 5.41 Å². The Labute approximate surface area is 149 Å². The van der Waals surface area contributed by atoms with Crippen LogP contribution in [-0.2, 0) is 5.41 Å². The van der Waals surface area contributed by atoms with Crippen LogP contribution in [0, 0.1) is 0 Å². The molecule has 114 valence electrons. The third-order valence-corrected chi connectivity index (χ3v) is 5.23. The van der Waals surface area contributed by atoms with E-state index in [1.54, 1.807) is 0 Å². The maximum atomic E-state index is 5.64. The number of anilines is 1. The Hall–Kier alpha value is -0.400. The Morgan fingerprint density at radius 3 is 2.33 bits per heavy atom. The van der Waals surface area contributed by atoms with Crippen molar-refractivity contribution < 1.29 is 4.42 Å². The van der Waals surface area contributed by atoms with Gasteiger partial charge in [-0.05, 0) is 54.7 Å². The number of nitrogens with zero attached hydrogens (tertiary/aromatic N) is 2. The van der Waals surface area contributed by atoms with Gasteiger partial charge in [0.2, 0.25) is 0 Å². The number of aromatic nitrogens is 2. The molecule has 0 atom stereocenters. The van der Waals surface area contributed by atoms with Crippen molar-refractivity contribution in [3.8, 4) is 11.6 Å². The number of nitrogens with one attached hydrogen (secondary N) is 1. The van der Waals surface area contributed by atoms with Gasteiger partial charge in [-0.15, -0.1) is 0 Å². The molecule has 21 heavy (non-hydrogen) atoms. The van der Waals surface area contributed by atoms with E-state index < -0.39 is 0 Å². The topological polar surface area (TPSA) is 51.0 Å². The van der Waals surface area contributed by atoms with Crippen LogP contribution in [0.4, 0.5) is 5.82 Å². The van der Waals surface area contributed by atoms with Gasteiger partial charge in [0, 0.05) is 18.0 Å². The first kappa shape index (κ1) is 17.0. The van der Waals surface area contributed by atoms with Crippen molar-refractivity contribution in [1.82, 2.24) is 9.97 Å². The van der Waals surface area contributed by atoms with Crippen molar-refractivity contribution in [2.45, 2.75) is 33.1 Å². The van der Waals surface area contributed by atoms with Gasteiger partial charge in [0.1, 0.15) is 5.82 Å². The Balaban J connectivity index is 2.64. The maximum Gasteiger partial charge on any atom is 0.198 e. The highest BCUT2D eigenvalue weighted by Gasteiger charge is 2.24. The minimum absolute atomic E-state index is 0.109. The molecule has 0 aliphatic rings. The second-order valence-electron chi connectivity index (χ2n) is 5.57. The van der Waals surface area contributed by atoms with Gasteiger partial charge >= 0.3 is 0 Å². The third kappa shape index (κ3) is 3.68. The van der Waals surface area contributed by atoms with Crippen LogP contribution in [-0.4, -0.2) is 16.5 Å². The molecule has 0 aliphatic carbocycles. The fourth-order valence-corrected chi connectivity index (χ4v) is 3.29. The van der Waals surface area contributed by atoms with Crippen LogP contribution in [0.15, 0.2) is 24.1 Å². The summed E-state index contributed by atoms with van der Waals surface area (Å²) in [5, 5.41) is 3.26. The second kappa shape index (κ2) is 6.38. The summed E-state index contributed by atoms with van der Waals surface area (Å²) < 4.78 is 8.01. The van der Waals surface area contributed by atoms with Crippen LogP contribution >= 0.6 is 47.8 Å². The first-order valence-electron chi connectivity index (χ1n) is 6.51. The van der Waals surface area contributed by atoms with E-state index >= 15 is 0 Å². The summed E-state index contributed by atoms with van der Waals surface area (Å²) in [5.41, 5.74) is 0.828. The minimum atomic E-state index is -0.109. The minimum Gasteiger partial charge on any atom is -0.445 e. The molecule has 4 nitrogen and oxygen atoms in total. The standard InChI is InChI=1S/C14H16Br3N3O/c1-5-18-13-9(16)10(14(2,3)4)19-12(20-13)8-6-7(15)11(17)21-8/h6H,5H2,1-4H3,(H,18,19,20). The zero-order chi connectivity index (χ0) is 15.8. The molecule has 2 rings (SSSR count). The zero-order valence-corrected chi connectivity index (χ0v) is 17.0. The SMILES string of the molecule is CCNc1nc(-c2cc(Br)c(Br)o2)nc(C(C)(C)C)c1Br. The lowest BCUT2D eigenvalue weighted by atomic mass is 9.92. The molecular weight excluding hydrogens is 466 g/mol. The van der Waals surface area contributed by atoms with Crippen molar-refractivity contribution in [2.24, 2.45) is 0 Å². The summed E-state index contributed by atoms with van der Waals surface area (Å²) in [6.45, 7) is 9.17. The molecule has 2 heterocycles. The molecule has 0 bridgehead atoms. The van der Waals surface area contributed by atoms with E-state index in [0.29, 0.717) is 16.3 Å². The van der Waals surface area contributed by atoms with Crippen molar-refractivity contribution in [3.05, 3.63) is 25.4 Å². The zero-order valence-electron chi connectivity index (χ0n) is 12.2. The lowest BCUT2D eigenvalue weighted by molar-refractivity contribution is 0.541. The van der Waals surface area contributed by atoms with Crippen LogP contribution in [0.1, 0.15) is 33.4 Å². The molecule has 0 aliphatic heterocycles. The van der Waals surface area contributed by atoms with Gasteiger partial charge in [-0.1, -0.05) is 20.8 Å². The van der Waals surface area contributed by atoms with Crippen molar-refractivity contribution >= 4 is 53.6 Å². The molecule has 7 heteroatoms. The summed E-state index contributed by atoms with van der Waals surface area (Å²) in [6.07, 6.45) is 0. The number of furan rings is 1.